The molecule has 2 fully saturated rings. The molecule has 0 spiro atoms. The first-order chi connectivity index (χ1) is 13.5. The van der Waals surface area contributed by atoms with E-state index >= 15 is 0 Å². The molecule has 0 aliphatic carbocycles. The molecule has 2 aliphatic heterocycles. The first-order valence-electron chi connectivity index (χ1n) is 10.2. The quantitative estimate of drug-likeness (QED) is 0.810. The molecule has 2 heterocycles. The molecule has 3 rings (SSSR count). The maximum Gasteiger partial charge on any atom is 0.243 e. The second-order valence-electron chi connectivity index (χ2n) is 9.20. The van der Waals surface area contributed by atoms with Gasteiger partial charge in [-0.1, -0.05) is 6.92 Å². The SMILES string of the molecule is C[C@@H]1CCCN(S(=O)(=O)c2ccc(NC(=O)[C@H]3CC(=O)N(C(C)(C)C)C3)cc2)C1. The number of nitrogens with zero attached hydrogens (tertiary/aromatic N) is 2. The molecule has 2 aliphatic rings. The van der Waals surface area contributed by atoms with Gasteiger partial charge in [0.2, 0.25) is 21.8 Å². The van der Waals surface area contributed by atoms with Gasteiger partial charge >= 0.3 is 0 Å². The molecule has 0 aromatic heterocycles. The van der Waals surface area contributed by atoms with Crippen molar-refractivity contribution in [3.8, 4) is 0 Å². The Balaban J connectivity index is 1.65. The second-order valence-corrected chi connectivity index (χ2v) is 11.1. The van der Waals surface area contributed by atoms with Gasteiger partial charge in [0.15, 0.2) is 0 Å². The first-order valence-corrected chi connectivity index (χ1v) is 11.6. The fourth-order valence-electron chi connectivity index (χ4n) is 4.00. The Morgan fingerprint density at radius 1 is 1.14 bits per heavy atom. The molecule has 160 valence electrons. The second kappa shape index (κ2) is 8.07. The van der Waals surface area contributed by atoms with Crippen molar-refractivity contribution in [2.75, 3.05) is 25.0 Å². The van der Waals surface area contributed by atoms with Crippen LogP contribution in [0.3, 0.4) is 0 Å². The molecular weight excluding hydrogens is 390 g/mol. The summed E-state index contributed by atoms with van der Waals surface area (Å²) in [6.07, 6.45) is 2.12. The van der Waals surface area contributed by atoms with Crippen molar-refractivity contribution in [2.45, 2.75) is 57.4 Å². The highest BCUT2D eigenvalue weighted by Crippen LogP contribution is 2.28. The summed E-state index contributed by atoms with van der Waals surface area (Å²) in [5.41, 5.74) is 0.219. The molecule has 0 bridgehead atoms. The minimum atomic E-state index is -3.52. The van der Waals surface area contributed by atoms with E-state index < -0.39 is 15.9 Å². The third-order valence-electron chi connectivity index (χ3n) is 5.68. The number of anilines is 1. The fourth-order valence-corrected chi connectivity index (χ4v) is 5.60. The minimum absolute atomic E-state index is 0.0187. The summed E-state index contributed by atoms with van der Waals surface area (Å²) >= 11 is 0. The third kappa shape index (κ3) is 4.80. The molecule has 2 saturated heterocycles. The molecule has 29 heavy (non-hydrogen) atoms. The van der Waals surface area contributed by atoms with Gasteiger partial charge in [0.05, 0.1) is 10.8 Å². The van der Waals surface area contributed by atoms with Crippen LogP contribution >= 0.6 is 0 Å². The van der Waals surface area contributed by atoms with Gasteiger partial charge in [-0.05, 0) is 63.8 Å². The van der Waals surface area contributed by atoms with Crippen LogP contribution in [0.4, 0.5) is 5.69 Å². The summed E-state index contributed by atoms with van der Waals surface area (Å²) in [6, 6.07) is 6.28. The maximum atomic E-state index is 12.8. The van der Waals surface area contributed by atoms with Crippen LogP contribution in [0.15, 0.2) is 29.2 Å². The first kappa shape index (κ1) is 21.8. The van der Waals surface area contributed by atoms with Crippen LogP contribution in [0, 0.1) is 11.8 Å². The molecule has 0 radical (unpaired) electrons. The van der Waals surface area contributed by atoms with E-state index in [4.69, 9.17) is 0 Å². The van der Waals surface area contributed by atoms with Gasteiger partial charge in [0.1, 0.15) is 0 Å². The predicted molar refractivity (Wildman–Crippen MR) is 112 cm³/mol. The van der Waals surface area contributed by atoms with E-state index in [1.165, 1.54) is 12.1 Å². The van der Waals surface area contributed by atoms with Crippen molar-refractivity contribution in [1.29, 1.82) is 0 Å². The lowest BCUT2D eigenvalue weighted by Gasteiger charge is -2.31. The van der Waals surface area contributed by atoms with Crippen molar-refractivity contribution < 1.29 is 18.0 Å². The van der Waals surface area contributed by atoms with Crippen LogP contribution < -0.4 is 5.32 Å². The van der Waals surface area contributed by atoms with Crippen molar-refractivity contribution >= 4 is 27.5 Å². The lowest BCUT2D eigenvalue weighted by molar-refractivity contribution is -0.131. The predicted octanol–water partition coefficient (Wildman–Crippen LogP) is 2.69. The number of nitrogens with one attached hydrogen (secondary N) is 1. The van der Waals surface area contributed by atoms with Crippen molar-refractivity contribution in [3.63, 3.8) is 0 Å². The number of sulfonamides is 1. The Labute approximate surface area is 173 Å². The number of hydrogen-bond acceptors (Lipinski definition) is 4. The number of carbonyl (C=O) groups is 2. The van der Waals surface area contributed by atoms with E-state index in [9.17, 15) is 18.0 Å². The number of amides is 2. The molecule has 7 nitrogen and oxygen atoms in total. The Bertz CT molecular complexity index is 874. The molecule has 0 unspecified atom stereocenters. The third-order valence-corrected chi connectivity index (χ3v) is 7.56. The van der Waals surface area contributed by atoms with Crippen molar-refractivity contribution in [3.05, 3.63) is 24.3 Å². The van der Waals surface area contributed by atoms with Gasteiger partial charge < -0.3 is 10.2 Å². The van der Waals surface area contributed by atoms with Gasteiger partial charge in [-0.2, -0.15) is 4.31 Å². The Morgan fingerprint density at radius 2 is 1.79 bits per heavy atom. The molecule has 1 aromatic rings. The number of carbonyl (C=O) groups excluding carboxylic acids is 2. The summed E-state index contributed by atoms with van der Waals surface area (Å²) in [6.45, 7) is 9.41. The van der Waals surface area contributed by atoms with E-state index in [0.29, 0.717) is 31.2 Å². The van der Waals surface area contributed by atoms with E-state index in [1.54, 1.807) is 21.3 Å². The van der Waals surface area contributed by atoms with Gasteiger partial charge in [0.25, 0.3) is 0 Å². The highest BCUT2D eigenvalue weighted by molar-refractivity contribution is 7.89. The molecule has 1 N–H and O–H groups in total. The number of rotatable bonds is 4. The molecule has 8 heteroatoms. The topological polar surface area (TPSA) is 86.8 Å². The normalized spacial score (nSPS) is 24.0. The van der Waals surface area contributed by atoms with Crippen LogP contribution in [0.2, 0.25) is 0 Å². The summed E-state index contributed by atoms with van der Waals surface area (Å²) in [7, 11) is -3.52. The van der Waals surface area contributed by atoms with Crippen LogP contribution in [-0.2, 0) is 19.6 Å². The highest BCUT2D eigenvalue weighted by atomic mass is 32.2. The summed E-state index contributed by atoms with van der Waals surface area (Å²) in [5.74, 6) is -0.278. The maximum absolute atomic E-state index is 12.8. The largest absolute Gasteiger partial charge is 0.337 e. The monoisotopic (exact) mass is 421 g/mol. The van der Waals surface area contributed by atoms with E-state index in [2.05, 4.69) is 12.2 Å². The van der Waals surface area contributed by atoms with E-state index in [-0.39, 0.29) is 28.7 Å². The van der Waals surface area contributed by atoms with Crippen molar-refractivity contribution in [2.24, 2.45) is 11.8 Å². The van der Waals surface area contributed by atoms with Crippen LogP contribution in [-0.4, -0.2) is 54.6 Å². The standard InChI is InChI=1S/C21H31N3O4S/c1-15-6-5-11-23(13-15)29(27,28)18-9-7-17(8-10-18)22-20(26)16-12-19(25)24(14-16)21(2,3)4/h7-10,15-16H,5-6,11-14H2,1-4H3,(H,22,26)/t15-,16+/m1/s1. The number of likely N-dealkylation sites (tertiary alicyclic amines) is 1. The summed E-state index contributed by atoms with van der Waals surface area (Å²) in [4.78, 5) is 26.7. The Hall–Kier alpha value is -1.93. The minimum Gasteiger partial charge on any atom is -0.337 e. The summed E-state index contributed by atoms with van der Waals surface area (Å²) < 4.78 is 27.2. The van der Waals surface area contributed by atoms with Gasteiger partial charge in [-0.15, -0.1) is 0 Å². The number of benzene rings is 1. The molecule has 2 amide bonds. The lowest BCUT2D eigenvalue weighted by Crippen LogP contribution is -2.42. The zero-order valence-corrected chi connectivity index (χ0v) is 18.5. The molecular formula is C21H31N3O4S. The van der Waals surface area contributed by atoms with Gasteiger partial charge in [0, 0.05) is 37.3 Å². The van der Waals surface area contributed by atoms with Crippen LogP contribution in [0.5, 0.6) is 0 Å². The molecule has 0 saturated carbocycles. The number of hydrogen-bond donors (Lipinski definition) is 1. The Kier molecular flexibility index (Phi) is 6.06. The zero-order valence-electron chi connectivity index (χ0n) is 17.6. The Morgan fingerprint density at radius 3 is 2.34 bits per heavy atom. The van der Waals surface area contributed by atoms with E-state index in [0.717, 1.165) is 12.8 Å². The smallest absolute Gasteiger partial charge is 0.243 e. The summed E-state index contributed by atoms with van der Waals surface area (Å²) in [5, 5.41) is 2.82. The number of piperidine rings is 1. The zero-order chi connectivity index (χ0) is 21.4. The lowest BCUT2D eigenvalue weighted by atomic mass is 10.0. The average molecular weight is 422 g/mol. The fraction of sp³-hybridized carbons (Fsp3) is 0.619. The van der Waals surface area contributed by atoms with Gasteiger partial charge in [-0.3, -0.25) is 9.59 Å². The van der Waals surface area contributed by atoms with E-state index in [1.807, 2.05) is 20.8 Å². The molecule has 1 aromatic carbocycles. The molecule has 2 atom stereocenters. The highest BCUT2D eigenvalue weighted by Gasteiger charge is 2.39. The van der Waals surface area contributed by atoms with Crippen LogP contribution in [0.25, 0.3) is 0 Å². The van der Waals surface area contributed by atoms with Crippen LogP contribution in [0.1, 0.15) is 47.0 Å². The van der Waals surface area contributed by atoms with Gasteiger partial charge in [-0.25, -0.2) is 8.42 Å². The van der Waals surface area contributed by atoms with Crippen molar-refractivity contribution in [1.82, 2.24) is 9.21 Å². The average Bonchev–Trinajstić information content (AvgIpc) is 3.04.